The van der Waals surface area contributed by atoms with Crippen molar-refractivity contribution >= 4 is 17.5 Å². The molecule has 3 atom stereocenters. The van der Waals surface area contributed by atoms with E-state index in [1.807, 2.05) is 12.1 Å². The lowest BCUT2D eigenvalue weighted by Crippen LogP contribution is -2.29. The van der Waals surface area contributed by atoms with Crippen molar-refractivity contribution in [2.45, 2.75) is 52.9 Å². The molecule has 1 aromatic carbocycles. The second-order valence-corrected chi connectivity index (χ2v) is 7.02. The first kappa shape index (κ1) is 18.5. The maximum atomic E-state index is 12.4. The monoisotopic (exact) mass is 330 g/mol. The molecule has 4 heteroatoms. The van der Waals surface area contributed by atoms with Crippen LogP contribution in [0.4, 0.5) is 5.69 Å². The fourth-order valence-electron chi connectivity index (χ4n) is 2.94. The Labute approximate surface area is 145 Å². The van der Waals surface area contributed by atoms with Gasteiger partial charge in [0.1, 0.15) is 0 Å². The van der Waals surface area contributed by atoms with E-state index in [9.17, 15) is 9.59 Å². The molecule has 0 radical (unpaired) electrons. The molecule has 2 N–H and O–H groups in total. The minimum atomic E-state index is -0.0687. The molecular formula is C20H30N2O2. The molecule has 0 aliphatic heterocycles. The number of rotatable bonds is 9. The van der Waals surface area contributed by atoms with E-state index in [0.29, 0.717) is 29.6 Å². The summed E-state index contributed by atoms with van der Waals surface area (Å²) in [5, 5.41) is 5.94. The lowest BCUT2D eigenvalue weighted by molar-refractivity contribution is -0.117. The zero-order valence-electron chi connectivity index (χ0n) is 15.1. The van der Waals surface area contributed by atoms with Crippen LogP contribution in [0.15, 0.2) is 24.3 Å². The topological polar surface area (TPSA) is 58.2 Å². The van der Waals surface area contributed by atoms with Gasteiger partial charge in [-0.15, -0.1) is 0 Å². The van der Waals surface area contributed by atoms with Crippen molar-refractivity contribution in [2.24, 2.45) is 17.8 Å². The van der Waals surface area contributed by atoms with E-state index in [4.69, 9.17) is 0 Å². The van der Waals surface area contributed by atoms with Crippen LogP contribution >= 0.6 is 0 Å². The SMILES string of the molecule is CCCCC(CC)CNC(=O)c1cccc(NC(=O)C2CC2C)c1. The Morgan fingerprint density at radius 1 is 1.29 bits per heavy atom. The molecule has 0 heterocycles. The van der Waals surface area contributed by atoms with E-state index in [1.54, 1.807) is 12.1 Å². The third-order valence-electron chi connectivity index (χ3n) is 4.93. The van der Waals surface area contributed by atoms with Gasteiger partial charge in [0.15, 0.2) is 0 Å². The highest BCUT2D eigenvalue weighted by molar-refractivity contribution is 5.98. The minimum Gasteiger partial charge on any atom is -0.352 e. The fraction of sp³-hybridized carbons (Fsp3) is 0.600. The van der Waals surface area contributed by atoms with Gasteiger partial charge in [-0.2, -0.15) is 0 Å². The van der Waals surface area contributed by atoms with Crippen LogP contribution < -0.4 is 10.6 Å². The van der Waals surface area contributed by atoms with Crippen molar-refractivity contribution in [1.82, 2.24) is 5.32 Å². The van der Waals surface area contributed by atoms with Crippen LogP contribution in [0.5, 0.6) is 0 Å². The third kappa shape index (κ3) is 5.36. The average Bonchev–Trinajstić information content (AvgIpc) is 3.32. The van der Waals surface area contributed by atoms with Crippen molar-refractivity contribution < 1.29 is 9.59 Å². The molecule has 0 saturated heterocycles. The number of unbranched alkanes of at least 4 members (excludes halogenated alkanes) is 1. The minimum absolute atomic E-state index is 0.0608. The van der Waals surface area contributed by atoms with Crippen LogP contribution in [0, 0.1) is 17.8 Å². The molecule has 0 bridgehead atoms. The Bertz CT molecular complexity index is 571. The molecule has 4 nitrogen and oxygen atoms in total. The van der Waals surface area contributed by atoms with E-state index < -0.39 is 0 Å². The molecule has 2 amide bonds. The van der Waals surface area contributed by atoms with Gasteiger partial charge in [-0.3, -0.25) is 9.59 Å². The molecular weight excluding hydrogens is 300 g/mol. The van der Waals surface area contributed by atoms with Crippen molar-refractivity contribution in [2.75, 3.05) is 11.9 Å². The van der Waals surface area contributed by atoms with Gasteiger partial charge in [0.25, 0.3) is 5.91 Å². The predicted molar refractivity (Wildman–Crippen MR) is 98.0 cm³/mol. The smallest absolute Gasteiger partial charge is 0.251 e. The van der Waals surface area contributed by atoms with Gasteiger partial charge in [0, 0.05) is 23.7 Å². The first-order valence-corrected chi connectivity index (χ1v) is 9.24. The van der Waals surface area contributed by atoms with Gasteiger partial charge in [0.05, 0.1) is 0 Å². The Kier molecular flexibility index (Phi) is 6.83. The molecule has 24 heavy (non-hydrogen) atoms. The van der Waals surface area contributed by atoms with Crippen LogP contribution in [0.1, 0.15) is 63.2 Å². The Hall–Kier alpha value is -1.84. The largest absolute Gasteiger partial charge is 0.352 e. The molecule has 3 unspecified atom stereocenters. The zero-order chi connectivity index (χ0) is 17.5. The standard InChI is InChI=1S/C20H30N2O2/c1-4-6-8-15(5-2)13-21-19(23)16-9-7-10-17(12-16)22-20(24)18-11-14(18)3/h7,9-10,12,14-15,18H,4-6,8,11,13H2,1-3H3,(H,21,23)(H,22,24). The normalized spacial score (nSPS) is 20.3. The number of anilines is 1. The summed E-state index contributed by atoms with van der Waals surface area (Å²) in [5.74, 6) is 1.14. The van der Waals surface area contributed by atoms with Crippen molar-refractivity contribution in [3.8, 4) is 0 Å². The Morgan fingerprint density at radius 3 is 2.67 bits per heavy atom. The van der Waals surface area contributed by atoms with E-state index in [0.717, 1.165) is 19.3 Å². The summed E-state index contributed by atoms with van der Waals surface area (Å²) < 4.78 is 0. The predicted octanol–water partition coefficient (Wildman–Crippen LogP) is 4.23. The second-order valence-electron chi connectivity index (χ2n) is 7.02. The highest BCUT2D eigenvalue weighted by Gasteiger charge is 2.39. The fourth-order valence-corrected chi connectivity index (χ4v) is 2.94. The van der Waals surface area contributed by atoms with Gasteiger partial charge in [0.2, 0.25) is 5.91 Å². The van der Waals surface area contributed by atoms with Crippen LogP contribution in [0.25, 0.3) is 0 Å². The molecule has 2 rings (SSSR count). The Balaban J connectivity index is 1.87. The van der Waals surface area contributed by atoms with Gasteiger partial charge in [-0.05, 0) is 42.9 Å². The van der Waals surface area contributed by atoms with Crippen molar-refractivity contribution in [1.29, 1.82) is 0 Å². The maximum Gasteiger partial charge on any atom is 0.251 e. The van der Waals surface area contributed by atoms with Crippen LogP contribution in [0.3, 0.4) is 0 Å². The van der Waals surface area contributed by atoms with Crippen molar-refractivity contribution in [3.63, 3.8) is 0 Å². The summed E-state index contributed by atoms with van der Waals surface area (Å²) >= 11 is 0. The lowest BCUT2D eigenvalue weighted by Gasteiger charge is -2.15. The van der Waals surface area contributed by atoms with Gasteiger partial charge in [-0.1, -0.05) is 46.1 Å². The summed E-state index contributed by atoms with van der Waals surface area (Å²) in [6.07, 6.45) is 5.59. The van der Waals surface area contributed by atoms with Crippen LogP contribution in [-0.2, 0) is 4.79 Å². The Morgan fingerprint density at radius 2 is 2.04 bits per heavy atom. The summed E-state index contributed by atoms with van der Waals surface area (Å²) in [6.45, 7) is 7.15. The number of carbonyl (C=O) groups excluding carboxylic acids is 2. The third-order valence-corrected chi connectivity index (χ3v) is 4.93. The maximum absolute atomic E-state index is 12.4. The summed E-state index contributed by atoms with van der Waals surface area (Å²) in [6, 6.07) is 7.19. The average molecular weight is 330 g/mol. The number of hydrogen-bond donors (Lipinski definition) is 2. The quantitative estimate of drug-likeness (QED) is 0.712. The molecule has 132 valence electrons. The van der Waals surface area contributed by atoms with Gasteiger partial charge in [-0.25, -0.2) is 0 Å². The number of hydrogen-bond acceptors (Lipinski definition) is 2. The second kappa shape index (κ2) is 8.86. The van der Waals surface area contributed by atoms with E-state index in [-0.39, 0.29) is 17.7 Å². The molecule has 0 aromatic heterocycles. The molecule has 1 aliphatic carbocycles. The molecule has 1 aromatic rings. The van der Waals surface area contributed by atoms with Gasteiger partial charge >= 0.3 is 0 Å². The zero-order valence-corrected chi connectivity index (χ0v) is 15.1. The summed E-state index contributed by atoms with van der Waals surface area (Å²) in [5.41, 5.74) is 1.30. The summed E-state index contributed by atoms with van der Waals surface area (Å²) in [4.78, 5) is 24.4. The van der Waals surface area contributed by atoms with Crippen molar-refractivity contribution in [3.05, 3.63) is 29.8 Å². The van der Waals surface area contributed by atoms with E-state index in [2.05, 4.69) is 31.4 Å². The van der Waals surface area contributed by atoms with Crippen LogP contribution in [0.2, 0.25) is 0 Å². The van der Waals surface area contributed by atoms with E-state index in [1.165, 1.54) is 12.8 Å². The molecule has 0 spiro atoms. The number of benzene rings is 1. The summed E-state index contributed by atoms with van der Waals surface area (Å²) in [7, 11) is 0. The van der Waals surface area contributed by atoms with E-state index >= 15 is 0 Å². The highest BCUT2D eigenvalue weighted by Crippen LogP contribution is 2.38. The lowest BCUT2D eigenvalue weighted by atomic mass is 9.99. The first-order chi connectivity index (χ1) is 11.5. The van der Waals surface area contributed by atoms with Gasteiger partial charge < -0.3 is 10.6 Å². The number of amides is 2. The molecule has 1 fully saturated rings. The number of nitrogens with one attached hydrogen (secondary N) is 2. The highest BCUT2D eigenvalue weighted by atomic mass is 16.2. The van der Waals surface area contributed by atoms with Crippen LogP contribution in [-0.4, -0.2) is 18.4 Å². The number of carbonyl (C=O) groups is 2. The molecule has 1 saturated carbocycles. The first-order valence-electron chi connectivity index (χ1n) is 9.24. The molecule has 1 aliphatic rings.